The third-order valence-corrected chi connectivity index (χ3v) is 5.26. The number of unbranched alkanes of at least 4 members (excludes halogenated alkanes) is 1. The van der Waals surface area contributed by atoms with Crippen molar-refractivity contribution in [1.29, 1.82) is 0 Å². The zero-order valence-electron chi connectivity index (χ0n) is 16.2. The number of amides is 1. The molecule has 0 unspecified atom stereocenters. The number of anilines is 1. The Hall–Kier alpha value is -2.74. The summed E-state index contributed by atoms with van der Waals surface area (Å²) in [5.41, 5.74) is 2.64. The molecule has 2 N–H and O–H groups in total. The van der Waals surface area contributed by atoms with Crippen LogP contribution < -0.4 is 15.6 Å². The van der Waals surface area contributed by atoms with Crippen molar-refractivity contribution in [2.75, 3.05) is 18.2 Å². The van der Waals surface area contributed by atoms with Gasteiger partial charge in [0.05, 0.1) is 18.4 Å². The van der Waals surface area contributed by atoms with Gasteiger partial charge in [0.15, 0.2) is 5.16 Å². The van der Waals surface area contributed by atoms with Crippen LogP contribution in [0.4, 0.5) is 5.69 Å². The number of carbonyl (C=O) groups is 1. The van der Waals surface area contributed by atoms with E-state index in [0.717, 1.165) is 24.3 Å². The molecule has 0 aliphatic carbocycles. The lowest BCUT2D eigenvalue weighted by molar-refractivity contribution is -0.113. The fourth-order valence-electron chi connectivity index (χ4n) is 2.84. The Morgan fingerprint density at radius 3 is 2.75 bits per heavy atom. The first-order valence-electron chi connectivity index (χ1n) is 9.18. The van der Waals surface area contributed by atoms with E-state index in [-0.39, 0.29) is 17.2 Å². The quantitative estimate of drug-likeness (QED) is 0.446. The number of carbonyl (C=O) groups excluding carboxylic acids is 1. The summed E-state index contributed by atoms with van der Waals surface area (Å²) in [7, 11) is 1.60. The zero-order valence-corrected chi connectivity index (χ0v) is 17.1. The van der Waals surface area contributed by atoms with E-state index in [4.69, 9.17) is 4.74 Å². The molecule has 0 saturated heterocycles. The van der Waals surface area contributed by atoms with Crippen LogP contribution in [-0.2, 0) is 11.3 Å². The molecule has 3 aromatic rings. The molecule has 1 amide bonds. The second-order valence-electron chi connectivity index (χ2n) is 6.48. The Balaban J connectivity index is 1.76. The first-order valence-corrected chi connectivity index (χ1v) is 10.2. The lowest BCUT2D eigenvalue weighted by atomic mass is 10.3. The fourth-order valence-corrected chi connectivity index (χ4v) is 3.66. The highest BCUT2D eigenvalue weighted by atomic mass is 32.2. The smallest absolute Gasteiger partial charge is 0.278 e. The number of methoxy groups -OCH3 is 1. The van der Waals surface area contributed by atoms with Crippen molar-refractivity contribution in [1.82, 2.24) is 14.5 Å². The van der Waals surface area contributed by atoms with Crippen molar-refractivity contribution in [2.24, 2.45) is 0 Å². The first-order chi connectivity index (χ1) is 13.5. The summed E-state index contributed by atoms with van der Waals surface area (Å²) >= 11 is 1.27. The number of aromatic nitrogens is 3. The number of rotatable bonds is 8. The summed E-state index contributed by atoms with van der Waals surface area (Å²) < 4.78 is 6.77. The minimum absolute atomic E-state index is 0.0930. The highest BCUT2D eigenvalue weighted by Gasteiger charge is 2.14. The average molecular weight is 401 g/mol. The number of aryl methyl sites for hydroxylation is 1. The molecule has 8 heteroatoms. The number of benzene rings is 1. The van der Waals surface area contributed by atoms with Gasteiger partial charge in [0.1, 0.15) is 11.3 Å². The number of hydrogen-bond donors (Lipinski definition) is 2. The van der Waals surface area contributed by atoms with Gasteiger partial charge in [0.25, 0.3) is 5.56 Å². The largest absolute Gasteiger partial charge is 0.497 e. The van der Waals surface area contributed by atoms with Gasteiger partial charge < -0.3 is 15.0 Å². The summed E-state index contributed by atoms with van der Waals surface area (Å²) in [5, 5.41) is 3.41. The summed E-state index contributed by atoms with van der Waals surface area (Å²) in [5.74, 6) is 0.739. The first kappa shape index (κ1) is 20.0. The van der Waals surface area contributed by atoms with Gasteiger partial charge in [0.2, 0.25) is 5.91 Å². The third kappa shape index (κ3) is 4.56. The molecule has 2 aromatic heterocycles. The maximum atomic E-state index is 12.8. The summed E-state index contributed by atoms with van der Waals surface area (Å²) in [6.45, 7) is 4.55. The molecule has 3 rings (SSSR count). The van der Waals surface area contributed by atoms with Crippen LogP contribution >= 0.6 is 11.8 Å². The van der Waals surface area contributed by atoms with Gasteiger partial charge in [0, 0.05) is 17.9 Å². The number of H-pyrrole nitrogens is 1. The van der Waals surface area contributed by atoms with Crippen molar-refractivity contribution >= 4 is 34.4 Å². The molecule has 1 aromatic carbocycles. The second kappa shape index (κ2) is 8.97. The van der Waals surface area contributed by atoms with Crippen LogP contribution in [0.1, 0.15) is 25.5 Å². The molecule has 0 aliphatic heterocycles. The lowest BCUT2D eigenvalue weighted by Crippen LogP contribution is -2.24. The molecular weight excluding hydrogens is 376 g/mol. The molecule has 148 valence electrons. The maximum Gasteiger partial charge on any atom is 0.278 e. The molecule has 0 saturated carbocycles. The normalized spacial score (nSPS) is 11.0. The summed E-state index contributed by atoms with van der Waals surface area (Å²) in [4.78, 5) is 32.9. The van der Waals surface area contributed by atoms with Crippen LogP contribution in [0.2, 0.25) is 0 Å². The van der Waals surface area contributed by atoms with Gasteiger partial charge >= 0.3 is 0 Å². The number of aromatic amines is 1. The number of nitrogens with one attached hydrogen (secondary N) is 2. The third-order valence-electron chi connectivity index (χ3n) is 4.28. The number of hydrogen-bond acceptors (Lipinski definition) is 5. The van der Waals surface area contributed by atoms with E-state index < -0.39 is 0 Å². The second-order valence-corrected chi connectivity index (χ2v) is 7.43. The monoisotopic (exact) mass is 400 g/mol. The van der Waals surface area contributed by atoms with Gasteiger partial charge in [-0.15, -0.1) is 0 Å². The van der Waals surface area contributed by atoms with E-state index in [0.29, 0.717) is 28.4 Å². The Morgan fingerprint density at radius 2 is 2.07 bits per heavy atom. The molecule has 7 nitrogen and oxygen atoms in total. The zero-order chi connectivity index (χ0) is 20.1. The molecular formula is C20H24N4O3S. The SMILES string of the molecule is CCCCn1c(SCC(=O)Nc2ccc(OC)cc2)nc2cc(C)[nH]c2c1=O. The van der Waals surface area contributed by atoms with E-state index >= 15 is 0 Å². The molecule has 0 bridgehead atoms. The number of fused-ring (bicyclic) bond motifs is 1. The molecule has 2 heterocycles. The van der Waals surface area contributed by atoms with Crippen molar-refractivity contribution in [3.05, 3.63) is 46.4 Å². The van der Waals surface area contributed by atoms with Gasteiger partial charge in [-0.2, -0.15) is 0 Å². The van der Waals surface area contributed by atoms with Gasteiger partial charge in [-0.1, -0.05) is 25.1 Å². The van der Waals surface area contributed by atoms with E-state index in [9.17, 15) is 9.59 Å². The minimum atomic E-state index is -0.156. The fraction of sp³-hybridized carbons (Fsp3) is 0.350. The van der Waals surface area contributed by atoms with Crippen molar-refractivity contribution in [2.45, 2.75) is 38.4 Å². The standard InChI is InChI=1S/C20H24N4O3S/c1-4-5-10-24-19(26)18-16(11-13(2)21-18)23-20(24)28-12-17(25)22-14-6-8-15(27-3)9-7-14/h6-9,11,21H,4-5,10,12H2,1-3H3,(H,22,25). The van der Waals surface area contributed by atoms with Crippen molar-refractivity contribution in [3.63, 3.8) is 0 Å². The Morgan fingerprint density at radius 1 is 1.32 bits per heavy atom. The van der Waals surface area contributed by atoms with E-state index in [1.54, 1.807) is 35.9 Å². The van der Waals surface area contributed by atoms with Crippen LogP contribution in [-0.4, -0.2) is 33.3 Å². The molecule has 0 spiro atoms. The van der Waals surface area contributed by atoms with Gasteiger partial charge in [-0.25, -0.2) is 4.98 Å². The highest BCUT2D eigenvalue weighted by molar-refractivity contribution is 7.99. The number of nitrogens with zero attached hydrogens (tertiary/aromatic N) is 2. The number of thioether (sulfide) groups is 1. The molecule has 28 heavy (non-hydrogen) atoms. The molecule has 0 atom stereocenters. The van der Waals surface area contributed by atoms with Crippen LogP contribution in [0.3, 0.4) is 0 Å². The molecule has 0 aliphatic rings. The Labute approximate surface area is 167 Å². The van der Waals surface area contributed by atoms with Crippen LogP contribution in [0, 0.1) is 6.92 Å². The highest BCUT2D eigenvalue weighted by Crippen LogP contribution is 2.20. The van der Waals surface area contributed by atoms with Crippen LogP contribution in [0.5, 0.6) is 5.75 Å². The average Bonchev–Trinajstić information content (AvgIpc) is 3.07. The van der Waals surface area contributed by atoms with Crippen LogP contribution in [0.15, 0.2) is 40.3 Å². The maximum absolute atomic E-state index is 12.8. The van der Waals surface area contributed by atoms with Gasteiger partial charge in [-0.3, -0.25) is 14.2 Å². The van der Waals surface area contributed by atoms with E-state index in [1.165, 1.54) is 11.8 Å². The van der Waals surface area contributed by atoms with E-state index in [2.05, 4.69) is 22.2 Å². The Bertz CT molecular complexity index is 1020. The van der Waals surface area contributed by atoms with E-state index in [1.807, 2.05) is 13.0 Å². The van der Waals surface area contributed by atoms with Crippen LogP contribution in [0.25, 0.3) is 11.0 Å². The predicted molar refractivity (Wildman–Crippen MR) is 112 cm³/mol. The summed E-state index contributed by atoms with van der Waals surface area (Å²) in [6, 6.07) is 8.99. The number of ether oxygens (including phenoxy) is 1. The predicted octanol–water partition coefficient (Wildman–Crippen LogP) is 3.57. The molecule has 0 fully saturated rings. The summed E-state index contributed by atoms with van der Waals surface area (Å²) in [6.07, 6.45) is 1.84. The molecule has 0 radical (unpaired) electrons. The topological polar surface area (TPSA) is 89.0 Å². The van der Waals surface area contributed by atoms with Crippen molar-refractivity contribution < 1.29 is 9.53 Å². The lowest BCUT2D eigenvalue weighted by Gasteiger charge is -2.11. The van der Waals surface area contributed by atoms with Crippen molar-refractivity contribution in [3.8, 4) is 5.75 Å². The Kier molecular flexibility index (Phi) is 6.41. The van der Waals surface area contributed by atoms with Gasteiger partial charge in [-0.05, 0) is 43.7 Å². The minimum Gasteiger partial charge on any atom is -0.497 e.